The zero-order chi connectivity index (χ0) is 22.2. The van der Waals surface area contributed by atoms with Gasteiger partial charge < -0.3 is 10.2 Å². The first kappa shape index (κ1) is 20.2. The molecule has 0 saturated heterocycles. The number of nitrogens with zero attached hydrogens (tertiary/aromatic N) is 4. The number of nitrogens with one attached hydrogen (secondary N) is 1. The molecule has 9 heteroatoms. The van der Waals surface area contributed by atoms with Gasteiger partial charge in [-0.3, -0.25) is 14.2 Å². The van der Waals surface area contributed by atoms with E-state index in [1.165, 1.54) is 21.1 Å². The first-order chi connectivity index (χ1) is 15.5. The summed E-state index contributed by atoms with van der Waals surface area (Å²) in [6, 6.07) is 14.1. The number of carbonyl (C=O) groups excluding carboxylic acids is 2. The lowest BCUT2D eigenvalue weighted by atomic mass is 10.1. The van der Waals surface area contributed by atoms with Crippen LogP contribution in [0.15, 0.2) is 53.3 Å². The molecule has 1 aromatic heterocycles. The third-order valence-corrected chi connectivity index (χ3v) is 6.08. The Morgan fingerprint density at radius 2 is 1.88 bits per heavy atom. The second-order valence-electron chi connectivity index (χ2n) is 8.09. The summed E-state index contributed by atoms with van der Waals surface area (Å²) in [4.78, 5) is 39.6. The van der Waals surface area contributed by atoms with Crippen molar-refractivity contribution in [3.63, 3.8) is 0 Å². The second-order valence-corrected chi connectivity index (χ2v) is 8.09. The molecule has 1 unspecified atom stereocenters. The van der Waals surface area contributed by atoms with Crippen molar-refractivity contribution in [3.8, 4) is 0 Å². The number of amides is 2. The predicted octanol–water partition coefficient (Wildman–Crippen LogP) is 1.64. The van der Waals surface area contributed by atoms with E-state index in [9.17, 15) is 18.8 Å². The van der Waals surface area contributed by atoms with Gasteiger partial charge in [-0.1, -0.05) is 42.5 Å². The molecule has 8 nitrogen and oxygen atoms in total. The fourth-order valence-electron chi connectivity index (χ4n) is 4.43. The Bertz CT molecular complexity index is 1260. The van der Waals surface area contributed by atoms with Crippen molar-refractivity contribution in [1.29, 1.82) is 0 Å². The molecular weight excluding hydrogens is 413 g/mol. The van der Waals surface area contributed by atoms with E-state index < -0.39 is 11.6 Å². The topological polar surface area (TPSA) is 89.2 Å². The third-order valence-electron chi connectivity index (χ3n) is 6.08. The molecule has 164 valence electrons. The molecule has 0 bridgehead atoms. The number of halogens is 1. The van der Waals surface area contributed by atoms with Crippen molar-refractivity contribution >= 4 is 11.8 Å². The smallest absolute Gasteiger partial charge is 0.346 e. The van der Waals surface area contributed by atoms with Crippen LogP contribution >= 0.6 is 0 Å². The van der Waals surface area contributed by atoms with Gasteiger partial charge >= 0.3 is 5.69 Å². The number of rotatable bonds is 5. The summed E-state index contributed by atoms with van der Waals surface area (Å²) in [6.07, 6.45) is 1.70. The van der Waals surface area contributed by atoms with Gasteiger partial charge in [-0.25, -0.2) is 13.9 Å². The molecule has 1 aliphatic carbocycles. The van der Waals surface area contributed by atoms with Crippen LogP contribution in [0.1, 0.15) is 39.8 Å². The highest BCUT2D eigenvalue weighted by Crippen LogP contribution is 2.30. The van der Waals surface area contributed by atoms with Gasteiger partial charge in [0, 0.05) is 25.2 Å². The van der Waals surface area contributed by atoms with Gasteiger partial charge in [-0.05, 0) is 30.0 Å². The van der Waals surface area contributed by atoms with Gasteiger partial charge in [-0.15, -0.1) is 5.10 Å². The van der Waals surface area contributed by atoms with Gasteiger partial charge in [0.15, 0.2) is 0 Å². The Kier molecular flexibility index (Phi) is 5.08. The highest BCUT2D eigenvalue weighted by atomic mass is 19.1. The summed E-state index contributed by atoms with van der Waals surface area (Å²) in [5.41, 5.74) is 2.21. The molecule has 1 atom stereocenters. The molecule has 2 amide bonds. The summed E-state index contributed by atoms with van der Waals surface area (Å²) in [5.74, 6) is -1.21. The minimum absolute atomic E-state index is 0.0309. The van der Waals surface area contributed by atoms with E-state index in [4.69, 9.17) is 0 Å². The SMILES string of the molecule is O=C(Cn1nc2n(c1=O)CCN(Cc1ccccc1F)C2=O)NC1CCc2ccccc21. The predicted molar refractivity (Wildman–Crippen MR) is 113 cm³/mol. The van der Waals surface area contributed by atoms with Crippen molar-refractivity contribution in [3.05, 3.63) is 87.3 Å². The molecular formula is C23H22FN5O3. The number of hydrogen-bond donors (Lipinski definition) is 1. The molecule has 2 heterocycles. The lowest BCUT2D eigenvalue weighted by Gasteiger charge is -2.26. The molecule has 2 aliphatic rings. The van der Waals surface area contributed by atoms with Crippen molar-refractivity contribution in [2.24, 2.45) is 0 Å². The molecule has 0 radical (unpaired) electrons. The Labute approximate surface area is 183 Å². The van der Waals surface area contributed by atoms with Gasteiger partial charge in [0.25, 0.3) is 5.91 Å². The molecule has 2 aromatic carbocycles. The molecule has 0 spiro atoms. The highest BCUT2D eigenvalue weighted by molar-refractivity contribution is 5.91. The monoisotopic (exact) mass is 435 g/mol. The largest absolute Gasteiger partial charge is 0.348 e. The zero-order valence-corrected chi connectivity index (χ0v) is 17.3. The average molecular weight is 435 g/mol. The molecule has 1 N–H and O–H groups in total. The van der Waals surface area contributed by atoms with E-state index in [1.807, 2.05) is 24.3 Å². The molecule has 0 fully saturated rings. The first-order valence-corrected chi connectivity index (χ1v) is 10.6. The van der Waals surface area contributed by atoms with Gasteiger partial charge in [-0.2, -0.15) is 0 Å². The van der Waals surface area contributed by atoms with Gasteiger partial charge in [0.1, 0.15) is 12.4 Å². The lowest BCUT2D eigenvalue weighted by molar-refractivity contribution is -0.122. The van der Waals surface area contributed by atoms with Crippen LogP contribution in [0.5, 0.6) is 0 Å². The summed E-state index contributed by atoms with van der Waals surface area (Å²) in [6.45, 7) is 0.328. The van der Waals surface area contributed by atoms with E-state index >= 15 is 0 Å². The number of benzene rings is 2. The number of fused-ring (bicyclic) bond motifs is 2. The van der Waals surface area contributed by atoms with Crippen LogP contribution in [0.3, 0.4) is 0 Å². The molecule has 5 rings (SSSR count). The van der Waals surface area contributed by atoms with Gasteiger partial charge in [0.2, 0.25) is 11.7 Å². The second kappa shape index (κ2) is 8.07. The summed E-state index contributed by atoms with van der Waals surface area (Å²) >= 11 is 0. The third kappa shape index (κ3) is 3.59. The van der Waals surface area contributed by atoms with Crippen molar-refractivity contribution < 1.29 is 14.0 Å². The van der Waals surface area contributed by atoms with Crippen LogP contribution < -0.4 is 11.0 Å². The molecule has 32 heavy (non-hydrogen) atoms. The Morgan fingerprint density at radius 3 is 2.72 bits per heavy atom. The van der Waals surface area contributed by atoms with E-state index in [-0.39, 0.29) is 49.8 Å². The van der Waals surface area contributed by atoms with E-state index in [0.717, 1.165) is 23.1 Å². The van der Waals surface area contributed by atoms with Crippen LogP contribution in [-0.4, -0.2) is 37.6 Å². The summed E-state index contributed by atoms with van der Waals surface area (Å²) in [7, 11) is 0. The van der Waals surface area contributed by atoms with Gasteiger partial charge in [0.05, 0.1) is 6.04 Å². The summed E-state index contributed by atoms with van der Waals surface area (Å²) in [5, 5.41) is 7.09. The van der Waals surface area contributed by atoms with Crippen molar-refractivity contribution in [2.75, 3.05) is 6.54 Å². The number of aromatic nitrogens is 3. The van der Waals surface area contributed by atoms with Crippen molar-refractivity contribution in [2.45, 2.75) is 38.5 Å². The maximum atomic E-state index is 14.0. The number of hydrogen-bond acceptors (Lipinski definition) is 4. The lowest BCUT2D eigenvalue weighted by Crippen LogP contribution is -2.42. The minimum atomic E-state index is -0.499. The van der Waals surface area contributed by atoms with E-state index in [0.29, 0.717) is 5.56 Å². The quantitative estimate of drug-likeness (QED) is 0.660. The fraction of sp³-hybridized carbons (Fsp3) is 0.304. The van der Waals surface area contributed by atoms with E-state index in [1.54, 1.807) is 18.2 Å². The molecule has 0 saturated carbocycles. The van der Waals surface area contributed by atoms with Crippen LogP contribution in [0, 0.1) is 5.82 Å². The van der Waals surface area contributed by atoms with Crippen LogP contribution in [0.4, 0.5) is 4.39 Å². The fourth-order valence-corrected chi connectivity index (χ4v) is 4.43. The summed E-state index contributed by atoms with van der Waals surface area (Å²) < 4.78 is 16.3. The molecule has 3 aromatic rings. The van der Waals surface area contributed by atoms with Crippen LogP contribution in [0.25, 0.3) is 0 Å². The average Bonchev–Trinajstić information content (AvgIpc) is 3.33. The maximum Gasteiger partial charge on any atom is 0.346 e. The zero-order valence-electron chi connectivity index (χ0n) is 17.3. The normalized spacial score (nSPS) is 17.2. The molecule has 1 aliphatic heterocycles. The number of carbonyl (C=O) groups is 2. The first-order valence-electron chi connectivity index (χ1n) is 10.6. The van der Waals surface area contributed by atoms with E-state index in [2.05, 4.69) is 10.4 Å². The van der Waals surface area contributed by atoms with Crippen LogP contribution in [-0.2, 0) is 30.8 Å². The highest BCUT2D eigenvalue weighted by Gasteiger charge is 2.31. The maximum absolute atomic E-state index is 14.0. The minimum Gasteiger partial charge on any atom is -0.348 e. The standard InChI is InChI=1S/C23H22FN5O3/c24-18-8-4-2-6-16(18)13-27-11-12-28-21(22(27)31)26-29(23(28)32)14-20(30)25-19-10-9-15-5-1-3-7-17(15)19/h1-8,19H,9-14H2,(H,25,30). The van der Waals surface area contributed by atoms with Crippen LogP contribution in [0.2, 0.25) is 0 Å². The van der Waals surface area contributed by atoms with Crippen molar-refractivity contribution in [1.82, 2.24) is 24.6 Å². The Balaban J connectivity index is 1.30. The Morgan fingerprint density at radius 1 is 1.09 bits per heavy atom. The Hall–Kier alpha value is -3.75. The number of aryl methyl sites for hydroxylation is 1.